The first kappa shape index (κ1) is 23.0. The quantitative estimate of drug-likeness (QED) is 0.361. The smallest absolute Gasteiger partial charge is 0.259 e. The maximum Gasteiger partial charge on any atom is 0.259 e. The summed E-state index contributed by atoms with van der Waals surface area (Å²) in [6, 6.07) is 26.6. The van der Waals surface area contributed by atoms with Crippen LogP contribution in [0, 0.1) is 6.92 Å². The summed E-state index contributed by atoms with van der Waals surface area (Å²) in [4.78, 5) is 29.2. The van der Waals surface area contributed by atoms with E-state index in [-0.39, 0.29) is 18.4 Å². The first-order valence-electron chi connectivity index (χ1n) is 11.0. The van der Waals surface area contributed by atoms with Gasteiger partial charge in [-0.25, -0.2) is 4.21 Å². The van der Waals surface area contributed by atoms with E-state index < -0.39 is 10.8 Å². The van der Waals surface area contributed by atoms with Crippen LogP contribution in [-0.4, -0.2) is 16.0 Å². The molecule has 7 heteroatoms. The van der Waals surface area contributed by atoms with Crippen LogP contribution >= 0.6 is 11.6 Å². The second-order valence-corrected chi connectivity index (χ2v) is 10.1. The Morgan fingerprint density at radius 1 is 0.914 bits per heavy atom. The van der Waals surface area contributed by atoms with E-state index in [4.69, 9.17) is 11.6 Å². The van der Waals surface area contributed by atoms with Crippen molar-refractivity contribution in [3.63, 3.8) is 0 Å². The Kier molecular flexibility index (Phi) is 6.24. The number of fused-ring (bicyclic) bond motifs is 2. The molecule has 0 radical (unpaired) electrons. The van der Waals surface area contributed by atoms with Crippen LogP contribution in [0.2, 0.25) is 5.02 Å². The van der Waals surface area contributed by atoms with Crippen molar-refractivity contribution in [3.05, 3.63) is 118 Å². The number of anilines is 2. The van der Waals surface area contributed by atoms with Gasteiger partial charge in [0.2, 0.25) is 0 Å². The van der Waals surface area contributed by atoms with E-state index in [1.807, 2.05) is 43.3 Å². The lowest BCUT2D eigenvalue weighted by atomic mass is 10.1. The van der Waals surface area contributed by atoms with Gasteiger partial charge in [0.05, 0.1) is 38.4 Å². The van der Waals surface area contributed by atoms with Crippen LogP contribution in [0.4, 0.5) is 11.4 Å². The molecule has 1 heterocycles. The van der Waals surface area contributed by atoms with E-state index in [9.17, 15) is 13.8 Å². The molecule has 1 aliphatic heterocycles. The fourth-order valence-electron chi connectivity index (χ4n) is 4.02. The van der Waals surface area contributed by atoms with Gasteiger partial charge >= 0.3 is 0 Å². The molecule has 0 aromatic heterocycles. The highest BCUT2D eigenvalue weighted by atomic mass is 35.5. The fourth-order valence-corrected chi connectivity index (χ4v) is 5.58. The van der Waals surface area contributed by atoms with E-state index >= 15 is 0 Å². The zero-order valence-electron chi connectivity index (χ0n) is 18.8. The van der Waals surface area contributed by atoms with Crippen LogP contribution in [0.3, 0.4) is 0 Å². The number of hydrogen-bond donors (Lipinski definition) is 1. The number of benzene rings is 4. The molecular weight excluding hydrogens is 480 g/mol. The molecule has 0 saturated carbocycles. The lowest BCUT2D eigenvalue weighted by molar-refractivity contribution is 0.0979. The molecule has 0 fully saturated rings. The van der Waals surface area contributed by atoms with Gasteiger partial charge in [-0.2, -0.15) is 0 Å². The molecule has 1 N–H and O–H groups in total. The number of rotatable bonds is 4. The van der Waals surface area contributed by atoms with Crippen molar-refractivity contribution in [2.75, 3.05) is 10.2 Å². The number of carbonyl (C=O) groups excluding carboxylic acids is 2. The SMILES string of the molecule is Cc1ccc(NC(=O)c2ccc3c(c2)N(Cc2cccc(Cl)c2)C(=O)c2ccccc2[S@]3=O)cc1. The van der Waals surface area contributed by atoms with Gasteiger partial charge in [0.25, 0.3) is 11.8 Å². The first-order chi connectivity index (χ1) is 16.9. The Morgan fingerprint density at radius 2 is 1.69 bits per heavy atom. The number of halogens is 1. The molecule has 4 aromatic carbocycles. The van der Waals surface area contributed by atoms with Crippen LogP contribution < -0.4 is 10.2 Å². The highest BCUT2D eigenvalue weighted by molar-refractivity contribution is 7.85. The third kappa shape index (κ3) is 4.63. The minimum absolute atomic E-state index is 0.209. The normalized spacial score (nSPS) is 14.6. The van der Waals surface area contributed by atoms with Crippen molar-refractivity contribution in [1.82, 2.24) is 0 Å². The Bertz CT molecular complexity index is 1480. The molecule has 5 rings (SSSR count). The average Bonchev–Trinajstić information content (AvgIpc) is 2.95. The van der Waals surface area contributed by atoms with Gasteiger partial charge in [-0.3, -0.25) is 9.59 Å². The van der Waals surface area contributed by atoms with Crippen molar-refractivity contribution >= 4 is 45.6 Å². The zero-order valence-corrected chi connectivity index (χ0v) is 20.4. The van der Waals surface area contributed by atoms with Crippen LogP contribution in [0.15, 0.2) is 101 Å². The average molecular weight is 501 g/mol. The largest absolute Gasteiger partial charge is 0.322 e. The number of nitrogens with zero attached hydrogens (tertiary/aromatic N) is 1. The van der Waals surface area contributed by atoms with Gasteiger partial charge in [-0.15, -0.1) is 0 Å². The molecule has 0 unspecified atom stereocenters. The highest BCUT2D eigenvalue weighted by Gasteiger charge is 2.31. The third-order valence-corrected chi connectivity index (χ3v) is 7.55. The van der Waals surface area contributed by atoms with Crippen LogP contribution in [0.25, 0.3) is 0 Å². The highest BCUT2D eigenvalue weighted by Crippen LogP contribution is 2.36. The molecule has 0 saturated heterocycles. The van der Waals surface area contributed by atoms with Gasteiger partial charge in [0.1, 0.15) is 0 Å². The summed E-state index contributed by atoms with van der Waals surface area (Å²) in [6.45, 7) is 2.18. The van der Waals surface area contributed by atoms with Crippen LogP contribution in [-0.2, 0) is 17.3 Å². The molecule has 2 amide bonds. The van der Waals surface area contributed by atoms with Crippen molar-refractivity contribution in [2.24, 2.45) is 0 Å². The Hall–Kier alpha value is -3.74. The second kappa shape index (κ2) is 9.49. The Labute approximate surface area is 210 Å². The van der Waals surface area contributed by atoms with E-state index in [0.29, 0.717) is 37.3 Å². The van der Waals surface area contributed by atoms with Gasteiger partial charge in [0, 0.05) is 16.3 Å². The molecule has 0 spiro atoms. The molecular formula is C28H21ClN2O3S. The number of amides is 2. The Balaban J connectivity index is 1.59. The topological polar surface area (TPSA) is 66.5 Å². The monoisotopic (exact) mass is 500 g/mol. The van der Waals surface area contributed by atoms with E-state index in [1.54, 1.807) is 59.5 Å². The van der Waals surface area contributed by atoms with E-state index in [2.05, 4.69) is 5.32 Å². The Morgan fingerprint density at radius 3 is 2.46 bits per heavy atom. The van der Waals surface area contributed by atoms with Crippen molar-refractivity contribution in [1.29, 1.82) is 0 Å². The summed E-state index contributed by atoms with van der Waals surface area (Å²) in [6.07, 6.45) is 0. The van der Waals surface area contributed by atoms with E-state index in [0.717, 1.165) is 11.1 Å². The maximum absolute atomic E-state index is 13.7. The molecule has 4 aromatic rings. The number of hydrogen-bond acceptors (Lipinski definition) is 3. The minimum atomic E-state index is -1.59. The van der Waals surface area contributed by atoms with Gasteiger partial charge in [0.15, 0.2) is 0 Å². The standard InChI is InChI=1S/C28H21ClN2O3S/c1-18-9-12-22(13-10-18)30-27(32)20-11-14-26-24(16-20)31(17-19-5-4-6-21(29)15-19)28(33)23-7-2-3-8-25(23)35(26)34/h2-16H,17H2,1H3,(H,30,32)/t35-/m1/s1. The number of nitrogens with one attached hydrogen (secondary N) is 1. The second-order valence-electron chi connectivity index (χ2n) is 8.29. The summed E-state index contributed by atoms with van der Waals surface area (Å²) in [5.41, 5.74) is 3.73. The summed E-state index contributed by atoms with van der Waals surface area (Å²) >= 11 is 6.18. The maximum atomic E-state index is 13.7. The third-order valence-electron chi connectivity index (χ3n) is 5.81. The van der Waals surface area contributed by atoms with Crippen molar-refractivity contribution in [2.45, 2.75) is 23.3 Å². The number of carbonyl (C=O) groups is 2. The minimum Gasteiger partial charge on any atom is -0.322 e. The van der Waals surface area contributed by atoms with Gasteiger partial charge in [-0.1, -0.05) is 53.6 Å². The molecule has 174 valence electrons. The lowest BCUT2D eigenvalue weighted by Crippen LogP contribution is -2.30. The summed E-state index contributed by atoms with van der Waals surface area (Å²) in [7, 11) is -1.59. The molecule has 5 nitrogen and oxygen atoms in total. The van der Waals surface area contributed by atoms with E-state index in [1.165, 1.54) is 0 Å². The van der Waals surface area contributed by atoms with Gasteiger partial charge in [-0.05, 0) is 67.1 Å². The van der Waals surface area contributed by atoms with Crippen LogP contribution in [0.5, 0.6) is 0 Å². The summed E-state index contributed by atoms with van der Waals surface area (Å²) in [5.74, 6) is -0.608. The molecule has 35 heavy (non-hydrogen) atoms. The van der Waals surface area contributed by atoms with Crippen LogP contribution in [0.1, 0.15) is 31.8 Å². The summed E-state index contributed by atoms with van der Waals surface area (Å²) < 4.78 is 13.5. The predicted octanol–water partition coefficient (Wildman–Crippen LogP) is 6.23. The fraction of sp³-hybridized carbons (Fsp3) is 0.0714. The first-order valence-corrected chi connectivity index (χ1v) is 12.5. The van der Waals surface area contributed by atoms with Gasteiger partial charge < -0.3 is 10.2 Å². The molecule has 1 aliphatic rings. The summed E-state index contributed by atoms with van der Waals surface area (Å²) in [5, 5.41) is 3.44. The van der Waals surface area contributed by atoms with Crippen molar-refractivity contribution in [3.8, 4) is 0 Å². The zero-order chi connectivity index (χ0) is 24.5. The molecule has 0 bridgehead atoms. The van der Waals surface area contributed by atoms with Crippen molar-refractivity contribution < 1.29 is 13.8 Å². The molecule has 1 atom stereocenters. The molecule has 0 aliphatic carbocycles. The number of aryl methyl sites for hydroxylation is 1. The predicted molar refractivity (Wildman–Crippen MR) is 139 cm³/mol. The lowest BCUT2D eigenvalue weighted by Gasteiger charge is -2.24.